The van der Waals surface area contributed by atoms with Gasteiger partial charge in [0, 0.05) is 23.8 Å². The van der Waals surface area contributed by atoms with E-state index in [1.165, 1.54) is 0 Å². The largest absolute Gasteiger partial charge is 0.383 e. The molecule has 0 fully saturated rings. The van der Waals surface area contributed by atoms with E-state index >= 15 is 0 Å². The van der Waals surface area contributed by atoms with Gasteiger partial charge in [0.1, 0.15) is 5.82 Å². The molecule has 0 aliphatic rings. The number of hydrogen-bond acceptors (Lipinski definition) is 6. The zero-order valence-electron chi connectivity index (χ0n) is 14.1. The van der Waals surface area contributed by atoms with Crippen LogP contribution in [0, 0.1) is 13.8 Å². The van der Waals surface area contributed by atoms with Crippen molar-refractivity contribution in [3.63, 3.8) is 0 Å². The van der Waals surface area contributed by atoms with Gasteiger partial charge in [-0.15, -0.1) is 0 Å². The van der Waals surface area contributed by atoms with Gasteiger partial charge < -0.3 is 11.1 Å². The van der Waals surface area contributed by atoms with Crippen molar-refractivity contribution in [2.24, 2.45) is 0 Å². The first kappa shape index (κ1) is 15.3. The fraction of sp³-hybridized carbons (Fsp3) is 0.158. The lowest BCUT2D eigenvalue weighted by molar-refractivity contribution is 1.06. The first-order valence-corrected chi connectivity index (χ1v) is 8.10. The van der Waals surface area contributed by atoms with Crippen LogP contribution in [-0.2, 0) is 6.54 Å². The van der Waals surface area contributed by atoms with E-state index in [1.807, 2.05) is 50.2 Å². The van der Waals surface area contributed by atoms with Crippen LogP contribution in [0.25, 0.3) is 21.9 Å². The maximum absolute atomic E-state index is 6.12. The van der Waals surface area contributed by atoms with Crippen molar-refractivity contribution >= 4 is 33.7 Å². The molecule has 0 saturated carbocycles. The third kappa shape index (κ3) is 2.82. The summed E-state index contributed by atoms with van der Waals surface area (Å²) in [5, 5.41) is 5.16. The number of anilines is 2. The Hall–Kier alpha value is -3.28. The van der Waals surface area contributed by atoms with Crippen molar-refractivity contribution < 1.29 is 0 Å². The van der Waals surface area contributed by atoms with Gasteiger partial charge in [-0.2, -0.15) is 9.97 Å². The highest BCUT2D eigenvalue weighted by Crippen LogP contribution is 2.23. The van der Waals surface area contributed by atoms with Gasteiger partial charge in [0.25, 0.3) is 0 Å². The SMILES string of the molecule is Cc1cc(C)c2c(N)nc(NCc3cccc4cccnc34)nc2n1. The first-order valence-electron chi connectivity index (χ1n) is 8.10. The Kier molecular flexibility index (Phi) is 3.65. The second-order valence-electron chi connectivity index (χ2n) is 6.06. The van der Waals surface area contributed by atoms with E-state index in [0.29, 0.717) is 24.0 Å². The van der Waals surface area contributed by atoms with Gasteiger partial charge in [0.2, 0.25) is 5.95 Å². The monoisotopic (exact) mass is 330 g/mol. The summed E-state index contributed by atoms with van der Waals surface area (Å²) < 4.78 is 0. The maximum Gasteiger partial charge on any atom is 0.226 e. The quantitative estimate of drug-likeness (QED) is 0.598. The van der Waals surface area contributed by atoms with E-state index in [0.717, 1.165) is 33.1 Å². The van der Waals surface area contributed by atoms with Crippen molar-refractivity contribution in [3.8, 4) is 0 Å². The highest BCUT2D eigenvalue weighted by molar-refractivity contribution is 5.89. The van der Waals surface area contributed by atoms with E-state index in [9.17, 15) is 0 Å². The topological polar surface area (TPSA) is 89.6 Å². The number of nitrogen functional groups attached to an aromatic ring is 1. The number of hydrogen-bond donors (Lipinski definition) is 2. The van der Waals surface area contributed by atoms with Crippen LogP contribution in [0.1, 0.15) is 16.8 Å². The van der Waals surface area contributed by atoms with Crippen LogP contribution in [0.4, 0.5) is 11.8 Å². The Morgan fingerprint density at radius 2 is 1.88 bits per heavy atom. The molecule has 1 aromatic carbocycles. The van der Waals surface area contributed by atoms with Crippen LogP contribution in [-0.4, -0.2) is 19.9 Å². The normalized spacial score (nSPS) is 11.1. The minimum atomic E-state index is 0.438. The lowest BCUT2D eigenvalue weighted by Crippen LogP contribution is -2.08. The predicted molar refractivity (Wildman–Crippen MR) is 100 cm³/mol. The lowest BCUT2D eigenvalue weighted by atomic mass is 10.1. The summed E-state index contributed by atoms with van der Waals surface area (Å²) in [5.41, 5.74) is 10.7. The van der Waals surface area contributed by atoms with Crippen LogP contribution in [0.5, 0.6) is 0 Å². The second kappa shape index (κ2) is 5.98. The number of rotatable bonds is 3. The molecule has 124 valence electrons. The van der Waals surface area contributed by atoms with Crippen molar-refractivity contribution in [1.82, 2.24) is 19.9 Å². The molecule has 6 nitrogen and oxygen atoms in total. The third-order valence-electron chi connectivity index (χ3n) is 4.17. The van der Waals surface area contributed by atoms with Gasteiger partial charge in [-0.1, -0.05) is 24.3 Å². The number of aromatic nitrogens is 4. The summed E-state index contributed by atoms with van der Waals surface area (Å²) in [5.74, 6) is 0.906. The van der Waals surface area contributed by atoms with E-state index in [2.05, 4.69) is 25.3 Å². The fourth-order valence-corrected chi connectivity index (χ4v) is 3.07. The van der Waals surface area contributed by atoms with E-state index in [4.69, 9.17) is 5.73 Å². The average molecular weight is 330 g/mol. The van der Waals surface area contributed by atoms with Crippen LogP contribution < -0.4 is 11.1 Å². The molecule has 6 heteroatoms. The molecule has 3 aromatic heterocycles. The van der Waals surface area contributed by atoms with Gasteiger partial charge in [0.05, 0.1) is 10.9 Å². The molecule has 0 aliphatic carbocycles. The fourth-order valence-electron chi connectivity index (χ4n) is 3.07. The molecule has 0 atom stereocenters. The average Bonchev–Trinajstić information content (AvgIpc) is 2.59. The van der Waals surface area contributed by atoms with E-state index < -0.39 is 0 Å². The Labute approximate surface area is 145 Å². The summed E-state index contributed by atoms with van der Waals surface area (Å²) in [4.78, 5) is 17.8. The molecule has 0 unspecified atom stereocenters. The molecule has 0 spiro atoms. The van der Waals surface area contributed by atoms with Crippen LogP contribution in [0.2, 0.25) is 0 Å². The molecule has 3 heterocycles. The number of nitrogens with one attached hydrogen (secondary N) is 1. The highest BCUT2D eigenvalue weighted by atomic mass is 15.1. The molecule has 3 N–H and O–H groups in total. The number of para-hydroxylation sites is 1. The number of benzene rings is 1. The van der Waals surface area contributed by atoms with E-state index in [-0.39, 0.29) is 0 Å². The predicted octanol–water partition coefficient (Wildman–Crippen LogP) is 3.38. The number of nitrogens with zero attached hydrogens (tertiary/aromatic N) is 4. The molecule has 0 bridgehead atoms. The van der Waals surface area contributed by atoms with Gasteiger partial charge in [-0.3, -0.25) is 4.98 Å². The number of fused-ring (bicyclic) bond motifs is 2. The van der Waals surface area contributed by atoms with E-state index in [1.54, 1.807) is 6.20 Å². The summed E-state index contributed by atoms with van der Waals surface area (Å²) in [6.07, 6.45) is 1.80. The highest BCUT2D eigenvalue weighted by Gasteiger charge is 2.10. The molecule has 4 aromatic rings. The summed E-state index contributed by atoms with van der Waals surface area (Å²) in [7, 11) is 0. The Bertz CT molecular complexity index is 1080. The zero-order valence-corrected chi connectivity index (χ0v) is 14.1. The summed E-state index contributed by atoms with van der Waals surface area (Å²) >= 11 is 0. The molecule has 0 saturated heterocycles. The minimum absolute atomic E-state index is 0.438. The molecule has 0 radical (unpaired) electrons. The van der Waals surface area contributed by atoms with Crippen LogP contribution in [0.15, 0.2) is 42.6 Å². The first-order chi connectivity index (χ1) is 12.1. The van der Waals surface area contributed by atoms with Gasteiger partial charge in [-0.05, 0) is 37.1 Å². The molecule has 4 rings (SSSR count). The van der Waals surface area contributed by atoms with Gasteiger partial charge in [-0.25, -0.2) is 4.98 Å². The van der Waals surface area contributed by atoms with Crippen molar-refractivity contribution in [3.05, 3.63) is 59.4 Å². The molecule has 0 amide bonds. The maximum atomic E-state index is 6.12. The Balaban J connectivity index is 1.69. The smallest absolute Gasteiger partial charge is 0.226 e. The molecule has 0 aliphatic heterocycles. The lowest BCUT2D eigenvalue weighted by Gasteiger charge is -2.10. The van der Waals surface area contributed by atoms with Crippen LogP contribution >= 0.6 is 0 Å². The van der Waals surface area contributed by atoms with Gasteiger partial charge >= 0.3 is 0 Å². The number of aryl methyl sites for hydroxylation is 2. The summed E-state index contributed by atoms with van der Waals surface area (Å²) in [6.45, 7) is 4.50. The number of pyridine rings is 2. The van der Waals surface area contributed by atoms with Crippen molar-refractivity contribution in [1.29, 1.82) is 0 Å². The van der Waals surface area contributed by atoms with Crippen molar-refractivity contribution in [2.45, 2.75) is 20.4 Å². The molecular formula is C19H18N6. The Morgan fingerprint density at radius 1 is 1.04 bits per heavy atom. The standard InChI is InChI=1S/C19H18N6/c1-11-9-12(2)23-18-15(11)17(20)24-19(25-18)22-10-14-6-3-5-13-7-4-8-21-16(13)14/h3-9H,10H2,1-2H3,(H3,20,22,23,24,25). The summed E-state index contributed by atoms with van der Waals surface area (Å²) in [6, 6.07) is 12.1. The zero-order chi connectivity index (χ0) is 17.4. The second-order valence-corrected chi connectivity index (χ2v) is 6.06. The Morgan fingerprint density at radius 3 is 2.76 bits per heavy atom. The third-order valence-corrected chi connectivity index (χ3v) is 4.17. The minimum Gasteiger partial charge on any atom is -0.383 e. The molecule has 25 heavy (non-hydrogen) atoms. The van der Waals surface area contributed by atoms with Gasteiger partial charge in [0.15, 0.2) is 5.65 Å². The van der Waals surface area contributed by atoms with Crippen LogP contribution in [0.3, 0.4) is 0 Å². The molecular weight excluding hydrogens is 312 g/mol. The van der Waals surface area contributed by atoms with Crippen molar-refractivity contribution in [2.75, 3.05) is 11.1 Å². The number of nitrogens with two attached hydrogens (primary N) is 1.